The fraction of sp³-hybridized carbons (Fsp3) is 0.235. The number of hydrogen-bond donors (Lipinski definition) is 3. The summed E-state index contributed by atoms with van der Waals surface area (Å²) in [6, 6.07) is 16.3. The third-order valence-corrected chi connectivity index (χ3v) is 3.58. The molecule has 1 heterocycles. The van der Waals surface area contributed by atoms with E-state index < -0.39 is 0 Å². The molecule has 0 atom stereocenters. The van der Waals surface area contributed by atoms with Crippen molar-refractivity contribution in [3.8, 4) is 0 Å². The highest BCUT2D eigenvalue weighted by atomic mass is 16.1. The number of benzene rings is 2. The molecule has 0 unspecified atom stereocenters. The molecule has 0 fully saturated rings. The Balaban J connectivity index is 1.46. The summed E-state index contributed by atoms with van der Waals surface area (Å²) in [6.07, 6.45) is 0.468. The van der Waals surface area contributed by atoms with E-state index in [0.29, 0.717) is 6.42 Å². The van der Waals surface area contributed by atoms with Gasteiger partial charge in [-0.15, -0.1) is 0 Å². The summed E-state index contributed by atoms with van der Waals surface area (Å²) in [5.74, 6) is 0.0708. The Bertz CT molecular complexity index is 625. The molecule has 4 nitrogen and oxygen atoms in total. The van der Waals surface area contributed by atoms with Crippen molar-refractivity contribution < 1.29 is 4.79 Å². The molecular weight excluding hydrogens is 262 g/mol. The van der Waals surface area contributed by atoms with E-state index in [0.717, 1.165) is 36.6 Å². The third-order valence-electron chi connectivity index (χ3n) is 3.58. The monoisotopic (exact) mass is 281 g/mol. The van der Waals surface area contributed by atoms with Crippen LogP contribution < -0.4 is 16.0 Å². The molecule has 4 heteroatoms. The summed E-state index contributed by atoms with van der Waals surface area (Å²) in [5.41, 5.74) is 4.34. The zero-order chi connectivity index (χ0) is 14.5. The van der Waals surface area contributed by atoms with E-state index in [1.54, 1.807) is 0 Å². The van der Waals surface area contributed by atoms with Gasteiger partial charge in [0.1, 0.15) is 0 Å². The van der Waals surface area contributed by atoms with E-state index >= 15 is 0 Å². The SMILES string of the molecule is O=C1Cc2c(NCCNCc3ccccc3)cccc2N1. The van der Waals surface area contributed by atoms with Crippen molar-refractivity contribution in [1.29, 1.82) is 0 Å². The molecule has 0 saturated carbocycles. The van der Waals surface area contributed by atoms with Crippen LogP contribution >= 0.6 is 0 Å². The summed E-state index contributed by atoms with van der Waals surface area (Å²) in [5, 5.41) is 9.67. The minimum atomic E-state index is 0.0708. The largest absolute Gasteiger partial charge is 0.383 e. The van der Waals surface area contributed by atoms with Gasteiger partial charge in [-0.1, -0.05) is 36.4 Å². The van der Waals surface area contributed by atoms with Crippen molar-refractivity contribution in [3.05, 3.63) is 59.7 Å². The fourth-order valence-electron chi connectivity index (χ4n) is 2.53. The summed E-state index contributed by atoms with van der Waals surface area (Å²) in [4.78, 5) is 11.4. The van der Waals surface area contributed by atoms with E-state index in [4.69, 9.17) is 0 Å². The molecule has 1 aliphatic heterocycles. The lowest BCUT2D eigenvalue weighted by atomic mass is 10.1. The number of nitrogens with one attached hydrogen (secondary N) is 3. The number of carbonyl (C=O) groups excluding carboxylic acids is 1. The molecule has 0 aliphatic carbocycles. The molecule has 0 aromatic heterocycles. The van der Waals surface area contributed by atoms with Gasteiger partial charge in [-0.3, -0.25) is 4.79 Å². The van der Waals surface area contributed by atoms with Crippen LogP contribution in [0.25, 0.3) is 0 Å². The highest BCUT2D eigenvalue weighted by Crippen LogP contribution is 2.29. The zero-order valence-corrected chi connectivity index (χ0v) is 11.9. The Kier molecular flexibility index (Phi) is 4.17. The van der Waals surface area contributed by atoms with Crippen LogP contribution in [0.3, 0.4) is 0 Å². The average Bonchev–Trinajstić information content (AvgIpc) is 2.89. The van der Waals surface area contributed by atoms with Crippen molar-refractivity contribution >= 4 is 17.3 Å². The van der Waals surface area contributed by atoms with Crippen LogP contribution in [0.15, 0.2) is 48.5 Å². The third kappa shape index (κ3) is 3.41. The minimum absolute atomic E-state index is 0.0708. The van der Waals surface area contributed by atoms with Gasteiger partial charge in [0.15, 0.2) is 0 Å². The van der Waals surface area contributed by atoms with Gasteiger partial charge in [0.05, 0.1) is 6.42 Å². The second-order valence-corrected chi connectivity index (χ2v) is 5.15. The molecule has 2 aromatic carbocycles. The van der Waals surface area contributed by atoms with Gasteiger partial charge in [-0.2, -0.15) is 0 Å². The molecule has 0 spiro atoms. The summed E-state index contributed by atoms with van der Waals surface area (Å²) in [7, 11) is 0. The predicted octanol–water partition coefficient (Wildman–Crippen LogP) is 2.38. The molecule has 1 aliphatic rings. The van der Waals surface area contributed by atoms with Crippen LogP contribution in [-0.4, -0.2) is 19.0 Å². The molecule has 1 amide bonds. The highest BCUT2D eigenvalue weighted by molar-refractivity contribution is 6.01. The van der Waals surface area contributed by atoms with Gasteiger partial charge in [0, 0.05) is 36.6 Å². The van der Waals surface area contributed by atoms with Crippen LogP contribution in [0.2, 0.25) is 0 Å². The summed E-state index contributed by atoms with van der Waals surface area (Å²) in [6.45, 7) is 2.58. The lowest BCUT2D eigenvalue weighted by Gasteiger charge is -2.11. The Morgan fingerprint density at radius 1 is 1.00 bits per heavy atom. The van der Waals surface area contributed by atoms with Crippen molar-refractivity contribution in [3.63, 3.8) is 0 Å². The second kappa shape index (κ2) is 6.41. The molecule has 3 rings (SSSR count). The second-order valence-electron chi connectivity index (χ2n) is 5.15. The van der Waals surface area contributed by atoms with Crippen molar-refractivity contribution in [2.75, 3.05) is 23.7 Å². The first-order valence-corrected chi connectivity index (χ1v) is 7.23. The van der Waals surface area contributed by atoms with Gasteiger partial charge in [-0.25, -0.2) is 0 Å². The van der Waals surface area contributed by atoms with Gasteiger partial charge in [-0.05, 0) is 17.7 Å². The van der Waals surface area contributed by atoms with E-state index in [1.807, 2.05) is 36.4 Å². The Labute approximate surface area is 124 Å². The lowest BCUT2D eigenvalue weighted by molar-refractivity contribution is -0.115. The molecule has 0 radical (unpaired) electrons. The lowest BCUT2D eigenvalue weighted by Crippen LogP contribution is -2.22. The van der Waals surface area contributed by atoms with Gasteiger partial charge >= 0.3 is 0 Å². The minimum Gasteiger partial charge on any atom is -0.383 e. The van der Waals surface area contributed by atoms with Crippen LogP contribution in [0.1, 0.15) is 11.1 Å². The Morgan fingerprint density at radius 2 is 1.86 bits per heavy atom. The standard InChI is InChI=1S/C17H19N3O/c21-17-11-14-15(7-4-8-16(14)20-17)19-10-9-18-12-13-5-2-1-3-6-13/h1-8,18-19H,9-12H2,(H,20,21). The topological polar surface area (TPSA) is 53.2 Å². The van der Waals surface area contributed by atoms with E-state index in [2.05, 4.69) is 28.1 Å². The predicted molar refractivity (Wildman–Crippen MR) is 85.4 cm³/mol. The molecule has 108 valence electrons. The first-order chi connectivity index (χ1) is 10.3. The van der Waals surface area contributed by atoms with Gasteiger partial charge < -0.3 is 16.0 Å². The van der Waals surface area contributed by atoms with Crippen LogP contribution in [0.5, 0.6) is 0 Å². The molecule has 3 N–H and O–H groups in total. The number of anilines is 2. The Morgan fingerprint density at radius 3 is 2.71 bits per heavy atom. The summed E-state index contributed by atoms with van der Waals surface area (Å²) >= 11 is 0. The molecule has 0 saturated heterocycles. The number of carbonyl (C=O) groups is 1. The molecule has 21 heavy (non-hydrogen) atoms. The van der Waals surface area contributed by atoms with Crippen molar-refractivity contribution in [2.24, 2.45) is 0 Å². The number of fused-ring (bicyclic) bond motifs is 1. The van der Waals surface area contributed by atoms with E-state index in [1.165, 1.54) is 5.56 Å². The maximum absolute atomic E-state index is 11.4. The number of amides is 1. The van der Waals surface area contributed by atoms with Crippen LogP contribution in [0.4, 0.5) is 11.4 Å². The van der Waals surface area contributed by atoms with Crippen molar-refractivity contribution in [2.45, 2.75) is 13.0 Å². The quantitative estimate of drug-likeness (QED) is 0.713. The fourth-order valence-corrected chi connectivity index (χ4v) is 2.53. The number of hydrogen-bond acceptors (Lipinski definition) is 3. The Hall–Kier alpha value is -2.33. The molecule has 2 aromatic rings. The highest BCUT2D eigenvalue weighted by Gasteiger charge is 2.19. The normalized spacial score (nSPS) is 12.9. The van der Waals surface area contributed by atoms with Crippen LogP contribution in [-0.2, 0) is 17.8 Å². The zero-order valence-electron chi connectivity index (χ0n) is 11.9. The summed E-state index contributed by atoms with van der Waals surface area (Å²) < 4.78 is 0. The van der Waals surface area contributed by atoms with E-state index in [9.17, 15) is 4.79 Å². The van der Waals surface area contributed by atoms with Gasteiger partial charge in [0.25, 0.3) is 0 Å². The first kappa shape index (κ1) is 13.6. The maximum Gasteiger partial charge on any atom is 0.228 e. The maximum atomic E-state index is 11.4. The first-order valence-electron chi connectivity index (χ1n) is 7.23. The average molecular weight is 281 g/mol. The van der Waals surface area contributed by atoms with E-state index in [-0.39, 0.29) is 5.91 Å². The molecular formula is C17H19N3O. The smallest absolute Gasteiger partial charge is 0.228 e. The van der Waals surface area contributed by atoms with Gasteiger partial charge in [0.2, 0.25) is 5.91 Å². The van der Waals surface area contributed by atoms with Crippen molar-refractivity contribution in [1.82, 2.24) is 5.32 Å². The number of rotatable bonds is 6. The molecule has 0 bridgehead atoms. The van der Waals surface area contributed by atoms with Crippen LogP contribution in [0, 0.1) is 0 Å².